The van der Waals surface area contributed by atoms with Crippen molar-refractivity contribution in [3.63, 3.8) is 0 Å². The quantitative estimate of drug-likeness (QED) is 0.169. The number of hydrogen-bond donors (Lipinski definition) is 0. The summed E-state index contributed by atoms with van der Waals surface area (Å²) in [6.07, 6.45) is 0. The number of benzene rings is 9. The van der Waals surface area contributed by atoms with Crippen LogP contribution in [0.1, 0.15) is 52.8 Å². The van der Waals surface area contributed by atoms with E-state index in [0.717, 1.165) is 17.1 Å². The molecule has 0 saturated heterocycles. The molecule has 0 N–H and O–H groups in total. The first kappa shape index (κ1) is 34.8. The number of aryl methyl sites for hydroxylation is 1. The Morgan fingerprint density at radius 1 is 0.317 bits per heavy atom. The number of hydrogen-bond acceptors (Lipinski definition) is 1. The molecule has 1 spiro atoms. The zero-order valence-corrected chi connectivity index (χ0v) is 34.1. The second kappa shape index (κ2) is 12.9. The molecule has 1 nitrogen and oxygen atoms in total. The molecule has 0 fully saturated rings. The van der Waals surface area contributed by atoms with Gasteiger partial charge < -0.3 is 4.90 Å². The van der Waals surface area contributed by atoms with Crippen molar-refractivity contribution in [2.75, 3.05) is 4.90 Å². The zero-order valence-electron chi connectivity index (χ0n) is 34.1. The Balaban J connectivity index is 1.09. The number of rotatable bonds is 5. The van der Waals surface area contributed by atoms with Crippen LogP contribution in [0.4, 0.5) is 17.1 Å². The molecule has 9 aromatic rings. The van der Waals surface area contributed by atoms with E-state index >= 15 is 0 Å². The topological polar surface area (TPSA) is 3.24 Å². The molecule has 0 heterocycles. The van der Waals surface area contributed by atoms with Gasteiger partial charge in [-0.15, -0.1) is 0 Å². The van der Waals surface area contributed by atoms with Crippen molar-refractivity contribution in [2.24, 2.45) is 0 Å². The van der Waals surface area contributed by atoms with Gasteiger partial charge >= 0.3 is 0 Å². The van der Waals surface area contributed by atoms with Crippen LogP contribution in [0.25, 0.3) is 55.6 Å². The van der Waals surface area contributed by atoms with E-state index in [9.17, 15) is 0 Å². The predicted octanol–water partition coefficient (Wildman–Crippen LogP) is 15.4. The largest absolute Gasteiger partial charge is 0.310 e. The third-order valence-electron chi connectivity index (χ3n) is 13.8. The lowest BCUT2D eigenvalue weighted by Gasteiger charge is -2.33. The molecule has 1 heteroatoms. The van der Waals surface area contributed by atoms with Gasteiger partial charge in [0, 0.05) is 22.5 Å². The Labute approximate surface area is 352 Å². The average Bonchev–Trinajstić information content (AvgIpc) is 3.85. The molecule has 0 atom stereocenters. The van der Waals surface area contributed by atoms with Gasteiger partial charge in [-0.25, -0.2) is 0 Å². The summed E-state index contributed by atoms with van der Waals surface area (Å²) < 4.78 is 0. The molecular formula is C59H43N. The summed E-state index contributed by atoms with van der Waals surface area (Å²) in [5.74, 6) is 0. The van der Waals surface area contributed by atoms with Crippen molar-refractivity contribution in [1.29, 1.82) is 0 Å². The van der Waals surface area contributed by atoms with Crippen molar-refractivity contribution in [1.82, 2.24) is 0 Å². The molecular weight excluding hydrogens is 723 g/mol. The van der Waals surface area contributed by atoms with E-state index in [4.69, 9.17) is 0 Å². The SMILES string of the molecule is Cc1cc(-c2ccccc2-c2ccccc2)ccc1N(c1ccc2c(c1)-c1ccccc1C2(C)C)c1ccc2c(c1)C1(c3ccccc3-c3ccccc31)c1ccccc1-2. The standard InChI is InChI=1S/C59H43N/c1-38-35-40(44-20-8-7-19-43(44)39-17-5-4-6-18-39)29-34-57(38)60(41-31-33-52-50(36-41)48-24-9-13-25-51(48)58(52,2)3)42-30-32-49-47-23-12-16-28-55(47)59(56(49)37-42)53-26-14-10-21-45(53)46-22-11-15-27-54(46)59/h4-37H,1-3H3. The first-order valence-corrected chi connectivity index (χ1v) is 21.2. The summed E-state index contributed by atoms with van der Waals surface area (Å²) in [5.41, 5.74) is 25.1. The minimum Gasteiger partial charge on any atom is -0.310 e. The molecule has 9 aromatic carbocycles. The zero-order chi connectivity index (χ0) is 40.2. The maximum atomic E-state index is 2.51. The molecule has 0 aliphatic heterocycles. The summed E-state index contributed by atoms with van der Waals surface area (Å²) in [7, 11) is 0. The Bertz CT molecular complexity index is 3140. The fraction of sp³-hybridized carbons (Fsp3) is 0.0847. The van der Waals surface area contributed by atoms with E-state index < -0.39 is 5.41 Å². The van der Waals surface area contributed by atoms with Gasteiger partial charge in [0.05, 0.1) is 5.41 Å². The summed E-state index contributed by atoms with van der Waals surface area (Å²) in [6, 6.07) is 77.2. The van der Waals surface area contributed by atoms with Crippen molar-refractivity contribution in [3.05, 3.63) is 245 Å². The van der Waals surface area contributed by atoms with Crippen LogP contribution in [-0.4, -0.2) is 0 Å². The van der Waals surface area contributed by atoms with Crippen LogP contribution >= 0.6 is 0 Å². The molecule has 12 rings (SSSR count). The van der Waals surface area contributed by atoms with Gasteiger partial charge in [-0.1, -0.05) is 184 Å². The lowest BCUT2D eigenvalue weighted by molar-refractivity contribution is 0.660. The minimum absolute atomic E-state index is 0.0754. The first-order chi connectivity index (χ1) is 29.4. The van der Waals surface area contributed by atoms with Gasteiger partial charge in [0.1, 0.15) is 0 Å². The molecule has 60 heavy (non-hydrogen) atoms. The van der Waals surface area contributed by atoms with Crippen molar-refractivity contribution in [2.45, 2.75) is 31.6 Å². The Morgan fingerprint density at radius 2 is 0.767 bits per heavy atom. The molecule has 0 radical (unpaired) electrons. The third-order valence-corrected chi connectivity index (χ3v) is 13.8. The van der Waals surface area contributed by atoms with Crippen LogP contribution in [0.15, 0.2) is 206 Å². The van der Waals surface area contributed by atoms with Gasteiger partial charge in [0.25, 0.3) is 0 Å². The van der Waals surface area contributed by atoms with Crippen LogP contribution in [0.3, 0.4) is 0 Å². The Kier molecular flexibility index (Phi) is 7.47. The molecule has 0 aromatic heterocycles. The fourth-order valence-corrected chi connectivity index (χ4v) is 11.2. The van der Waals surface area contributed by atoms with Crippen LogP contribution < -0.4 is 4.90 Å². The van der Waals surface area contributed by atoms with Gasteiger partial charge in [-0.3, -0.25) is 0 Å². The minimum atomic E-state index is -0.429. The second-order valence-corrected chi connectivity index (χ2v) is 17.3. The predicted molar refractivity (Wildman–Crippen MR) is 251 cm³/mol. The number of nitrogens with zero attached hydrogens (tertiary/aromatic N) is 1. The average molecular weight is 766 g/mol. The van der Waals surface area contributed by atoms with Crippen LogP contribution in [0, 0.1) is 6.92 Å². The smallest absolute Gasteiger partial charge is 0.0726 e. The molecule has 0 amide bonds. The summed E-state index contributed by atoms with van der Waals surface area (Å²) in [4.78, 5) is 2.51. The maximum absolute atomic E-state index is 2.51. The molecule has 0 saturated carbocycles. The third kappa shape index (κ3) is 4.75. The highest BCUT2D eigenvalue weighted by Gasteiger charge is 2.51. The molecule has 0 unspecified atom stereocenters. The molecule has 3 aliphatic carbocycles. The van der Waals surface area contributed by atoms with Gasteiger partial charge in [0.2, 0.25) is 0 Å². The van der Waals surface area contributed by atoms with Crippen molar-refractivity contribution >= 4 is 17.1 Å². The highest BCUT2D eigenvalue weighted by molar-refractivity contribution is 5.97. The van der Waals surface area contributed by atoms with Crippen LogP contribution in [-0.2, 0) is 10.8 Å². The highest BCUT2D eigenvalue weighted by atomic mass is 15.1. The summed E-state index contributed by atoms with van der Waals surface area (Å²) >= 11 is 0. The van der Waals surface area contributed by atoms with E-state index in [-0.39, 0.29) is 5.41 Å². The van der Waals surface area contributed by atoms with Gasteiger partial charge in [-0.05, 0) is 138 Å². The summed E-state index contributed by atoms with van der Waals surface area (Å²) in [6.45, 7) is 7.00. The second-order valence-electron chi connectivity index (χ2n) is 17.3. The Hall–Kier alpha value is -7.22. The van der Waals surface area contributed by atoms with Gasteiger partial charge in [0.15, 0.2) is 0 Å². The van der Waals surface area contributed by atoms with Crippen LogP contribution in [0.5, 0.6) is 0 Å². The fourth-order valence-electron chi connectivity index (χ4n) is 11.2. The van der Waals surface area contributed by atoms with E-state index in [0.29, 0.717) is 0 Å². The lowest BCUT2D eigenvalue weighted by Crippen LogP contribution is -2.26. The van der Waals surface area contributed by atoms with E-state index in [1.807, 2.05) is 0 Å². The Morgan fingerprint density at radius 3 is 1.37 bits per heavy atom. The van der Waals surface area contributed by atoms with E-state index in [1.165, 1.54) is 94.6 Å². The number of anilines is 3. The highest BCUT2D eigenvalue weighted by Crippen LogP contribution is 2.63. The first-order valence-electron chi connectivity index (χ1n) is 21.2. The molecule has 3 aliphatic rings. The monoisotopic (exact) mass is 765 g/mol. The van der Waals surface area contributed by atoms with Crippen LogP contribution in [0.2, 0.25) is 0 Å². The van der Waals surface area contributed by atoms with E-state index in [1.54, 1.807) is 0 Å². The summed E-state index contributed by atoms with van der Waals surface area (Å²) in [5, 5.41) is 0. The molecule has 0 bridgehead atoms. The molecule has 284 valence electrons. The normalized spacial score (nSPS) is 14.2. The van der Waals surface area contributed by atoms with Crippen molar-refractivity contribution < 1.29 is 0 Å². The number of fused-ring (bicyclic) bond motifs is 13. The maximum Gasteiger partial charge on any atom is 0.0726 e. The van der Waals surface area contributed by atoms with Crippen molar-refractivity contribution in [3.8, 4) is 55.6 Å². The van der Waals surface area contributed by atoms with E-state index in [2.05, 4.69) is 232 Å². The van der Waals surface area contributed by atoms with Gasteiger partial charge in [-0.2, -0.15) is 0 Å². The lowest BCUT2D eigenvalue weighted by atomic mass is 9.70.